The molecule has 0 bridgehead atoms. The normalized spacial score (nSPS) is 14.4. The third-order valence-corrected chi connectivity index (χ3v) is 7.74. The summed E-state index contributed by atoms with van der Waals surface area (Å²) < 4.78 is 0. The van der Waals surface area contributed by atoms with E-state index in [0.717, 1.165) is 33.8 Å². The standard InChI is InChI=1S/C24H35Cl2N3S/c1-6-10-18(8-3)14-19(13-16(4)7-2)29-22-15-27-24(17(5)28-22)30-21-12-9-11-20(25)23(21)26/h9,11-12,15-16,18-19H,6-8,10,13-14H2,1-5H3,(H,28,29). The van der Waals surface area contributed by atoms with Gasteiger partial charge in [0.1, 0.15) is 10.8 Å². The van der Waals surface area contributed by atoms with Gasteiger partial charge in [-0.15, -0.1) is 0 Å². The summed E-state index contributed by atoms with van der Waals surface area (Å²) in [6.07, 6.45) is 9.15. The van der Waals surface area contributed by atoms with Crippen LogP contribution in [0.15, 0.2) is 34.3 Å². The molecule has 0 saturated heterocycles. The lowest BCUT2D eigenvalue weighted by atomic mass is 9.88. The van der Waals surface area contributed by atoms with E-state index in [-0.39, 0.29) is 0 Å². The molecule has 1 aromatic heterocycles. The minimum Gasteiger partial charge on any atom is -0.366 e. The van der Waals surface area contributed by atoms with Crippen LogP contribution in [-0.4, -0.2) is 16.0 Å². The molecule has 0 radical (unpaired) electrons. The van der Waals surface area contributed by atoms with Crippen LogP contribution in [0.4, 0.5) is 5.82 Å². The number of hydrogen-bond donors (Lipinski definition) is 1. The van der Waals surface area contributed by atoms with Crippen LogP contribution in [0.2, 0.25) is 10.0 Å². The molecule has 30 heavy (non-hydrogen) atoms. The van der Waals surface area contributed by atoms with Gasteiger partial charge in [-0.3, -0.25) is 0 Å². The van der Waals surface area contributed by atoms with Crippen LogP contribution in [0.1, 0.15) is 71.9 Å². The van der Waals surface area contributed by atoms with Crippen molar-refractivity contribution in [3.63, 3.8) is 0 Å². The average Bonchev–Trinajstić information content (AvgIpc) is 2.72. The molecule has 0 aliphatic heterocycles. The number of anilines is 1. The van der Waals surface area contributed by atoms with E-state index in [2.05, 4.69) is 38.0 Å². The number of halogens is 2. The van der Waals surface area contributed by atoms with Crippen molar-refractivity contribution in [3.05, 3.63) is 40.1 Å². The Morgan fingerprint density at radius 3 is 2.50 bits per heavy atom. The van der Waals surface area contributed by atoms with Crippen molar-refractivity contribution in [2.75, 3.05) is 5.32 Å². The predicted octanol–water partition coefficient (Wildman–Crippen LogP) is 8.68. The van der Waals surface area contributed by atoms with Crippen molar-refractivity contribution in [1.29, 1.82) is 0 Å². The summed E-state index contributed by atoms with van der Waals surface area (Å²) in [7, 11) is 0. The molecule has 3 nitrogen and oxygen atoms in total. The monoisotopic (exact) mass is 467 g/mol. The van der Waals surface area contributed by atoms with Gasteiger partial charge in [0, 0.05) is 10.9 Å². The fraction of sp³-hybridized carbons (Fsp3) is 0.583. The van der Waals surface area contributed by atoms with Gasteiger partial charge in [0.05, 0.1) is 21.9 Å². The zero-order chi connectivity index (χ0) is 22.1. The SMILES string of the molecule is CCCC(CC)CC(CC(C)CC)Nc1cnc(Sc2cccc(Cl)c2Cl)c(C)n1. The molecule has 3 atom stereocenters. The zero-order valence-electron chi connectivity index (χ0n) is 18.8. The Labute approximate surface area is 196 Å². The van der Waals surface area contributed by atoms with Gasteiger partial charge in [-0.25, -0.2) is 9.97 Å². The second-order valence-corrected chi connectivity index (χ2v) is 10.0. The highest BCUT2D eigenvalue weighted by Crippen LogP contribution is 2.37. The lowest BCUT2D eigenvalue weighted by molar-refractivity contribution is 0.362. The van der Waals surface area contributed by atoms with Crippen molar-refractivity contribution < 1.29 is 0 Å². The first-order chi connectivity index (χ1) is 14.4. The molecule has 0 saturated carbocycles. The molecule has 166 valence electrons. The molecule has 1 aromatic carbocycles. The summed E-state index contributed by atoms with van der Waals surface area (Å²) in [4.78, 5) is 10.4. The Bertz CT molecular complexity index is 800. The van der Waals surface area contributed by atoms with Gasteiger partial charge in [0.2, 0.25) is 0 Å². The minimum absolute atomic E-state index is 0.422. The van der Waals surface area contributed by atoms with E-state index in [1.54, 1.807) is 6.07 Å². The van der Waals surface area contributed by atoms with Crippen LogP contribution in [0.5, 0.6) is 0 Å². The van der Waals surface area contributed by atoms with E-state index < -0.39 is 0 Å². The van der Waals surface area contributed by atoms with Crippen LogP contribution < -0.4 is 5.32 Å². The van der Waals surface area contributed by atoms with Gasteiger partial charge in [0.15, 0.2) is 0 Å². The van der Waals surface area contributed by atoms with Crippen LogP contribution in [-0.2, 0) is 0 Å². The van der Waals surface area contributed by atoms with Gasteiger partial charge in [-0.2, -0.15) is 0 Å². The summed E-state index contributed by atoms with van der Waals surface area (Å²) in [5.74, 6) is 2.30. The topological polar surface area (TPSA) is 37.8 Å². The molecule has 0 aliphatic rings. The molecule has 1 N–H and O–H groups in total. The summed E-state index contributed by atoms with van der Waals surface area (Å²) >= 11 is 14.0. The predicted molar refractivity (Wildman–Crippen MR) is 132 cm³/mol. The quantitative estimate of drug-likeness (QED) is 0.338. The third kappa shape index (κ3) is 7.62. The molecular weight excluding hydrogens is 433 g/mol. The van der Waals surface area contributed by atoms with Crippen LogP contribution in [0.25, 0.3) is 0 Å². The first kappa shape index (κ1) is 25.3. The van der Waals surface area contributed by atoms with Gasteiger partial charge in [0.25, 0.3) is 0 Å². The van der Waals surface area contributed by atoms with E-state index in [4.69, 9.17) is 28.2 Å². The molecule has 0 amide bonds. The van der Waals surface area contributed by atoms with Crippen molar-refractivity contribution >= 4 is 40.8 Å². The van der Waals surface area contributed by atoms with Crippen LogP contribution in [0.3, 0.4) is 0 Å². The fourth-order valence-corrected chi connectivity index (χ4v) is 5.01. The second-order valence-electron chi connectivity index (χ2n) is 8.19. The van der Waals surface area contributed by atoms with Gasteiger partial charge in [-0.05, 0) is 43.7 Å². The van der Waals surface area contributed by atoms with Crippen LogP contribution >= 0.6 is 35.0 Å². The highest BCUT2D eigenvalue weighted by atomic mass is 35.5. The minimum atomic E-state index is 0.422. The Hall–Kier alpha value is -0.970. The number of aromatic nitrogens is 2. The smallest absolute Gasteiger partial charge is 0.145 e. The summed E-state index contributed by atoms with van der Waals surface area (Å²) in [6.45, 7) is 11.2. The van der Waals surface area contributed by atoms with E-state index >= 15 is 0 Å². The number of aryl methyl sites for hydroxylation is 1. The van der Waals surface area contributed by atoms with E-state index in [1.165, 1.54) is 43.9 Å². The first-order valence-electron chi connectivity index (χ1n) is 11.1. The summed E-state index contributed by atoms with van der Waals surface area (Å²) in [5, 5.41) is 5.65. The maximum absolute atomic E-state index is 6.33. The van der Waals surface area contributed by atoms with Gasteiger partial charge in [-0.1, -0.05) is 94.4 Å². The molecule has 2 aromatic rings. The lowest BCUT2D eigenvalue weighted by Gasteiger charge is -2.26. The van der Waals surface area contributed by atoms with E-state index in [9.17, 15) is 0 Å². The Morgan fingerprint density at radius 2 is 1.87 bits per heavy atom. The number of nitrogens with zero attached hydrogens (tertiary/aromatic N) is 2. The third-order valence-electron chi connectivity index (χ3n) is 5.65. The van der Waals surface area contributed by atoms with Gasteiger partial charge < -0.3 is 5.32 Å². The van der Waals surface area contributed by atoms with E-state index in [0.29, 0.717) is 22.0 Å². The molecule has 0 spiro atoms. The Morgan fingerprint density at radius 1 is 1.10 bits per heavy atom. The lowest BCUT2D eigenvalue weighted by Crippen LogP contribution is -2.26. The maximum atomic E-state index is 6.33. The van der Waals surface area contributed by atoms with Crippen molar-refractivity contribution in [1.82, 2.24) is 9.97 Å². The number of nitrogens with one attached hydrogen (secondary N) is 1. The first-order valence-corrected chi connectivity index (χ1v) is 12.7. The van der Waals surface area contributed by atoms with Crippen molar-refractivity contribution in [2.24, 2.45) is 11.8 Å². The maximum Gasteiger partial charge on any atom is 0.145 e. The number of benzene rings is 1. The van der Waals surface area contributed by atoms with E-state index in [1.807, 2.05) is 25.3 Å². The zero-order valence-corrected chi connectivity index (χ0v) is 21.2. The number of hydrogen-bond acceptors (Lipinski definition) is 4. The van der Waals surface area contributed by atoms with Crippen LogP contribution in [0, 0.1) is 18.8 Å². The highest BCUT2D eigenvalue weighted by molar-refractivity contribution is 7.99. The highest BCUT2D eigenvalue weighted by Gasteiger charge is 2.18. The molecule has 0 fully saturated rings. The molecular formula is C24H35Cl2N3S. The summed E-state index contributed by atoms with van der Waals surface area (Å²) in [6, 6.07) is 6.06. The van der Waals surface area contributed by atoms with Crippen molar-refractivity contribution in [2.45, 2.75) is 89.1 Å². The second kappa shape index (κ2) is 12.8. The molecule has 3 unspecified atom stereocenters. The largest absolute Gasteiger partial charge is 0.366 e. The Balaban J connectivity index is 2.14. The Kier molecular flexibility index (Phi) is 10.8. The molecule has 0 aliphatic carbocycles. The molecule has 1 heterocycles. The van der Waals surface area contributed by atoms with Gasteiger partial charge >= 0.3 is 0 Å². The molecule has 6 heteroatoms. The van der Waals surface area contributed by atoms with Crippen molar-refractivity contribution in [3.8, 4) is 0 Å². The fourth-order valence-electron chi connectivity index (χ4n) is 3.68. The average molecular weight is 469 g/mol. The summed E-state index contributed by atoms with van der Waals surface area (Å²) in [5.41, 5.74) is 0.893. The molecule has 2 rings (SSSR count). The number of rotatable bonds is 12.